The first-order valence-corrected chi connectivity index (χ1v) is 6.89. The zero-order chi connectivity index (χ0) is 14.0. The fourth-order valence-electron chi connectivity index (χ4n) is 2.28. The molecule has 0 bridgehead atoms. The Bertz CT molecular complexity index is 470. The quantitative estimate of drug-likeness (QED) is 0.859. The average Bonchev–Trinajstić information content (AvgIpc) is 2.43. The molecule has 1 N–H and O–H groups in total. The van der Waals surface area contributed by atoms with Crippen LogP contribution in [-0.2, 0) is 9.47 Å². The first-order valence-electron chi connectivity index (χ1n) is 6.89. The Morgan fingerprint density at radius 1 is 1.30 bits per heavy atom. The molecule has 1 aromatic rings. The van der Waals surface area contributed by atoms with E-state index in [2.05, 4.69) is 9.88 Å². The average molecular weight is 280 g/mol. The predicted octanol–water partition coefficient (Wildman–Crippen LogP) is 0.367. The molecule has 0 amide bonds. The van der Waals surface area contributed by atoms with E-state index in [0.717, 1.165) is 37.7 Å². The lowest BCUT2D eigenvalue weighted by Crippen LogP contribution is -2.54. The predicted molar refractivity (Wildman–Crippen MR) is 73.3 cm³/mol. The summed E-state index contributed by atoms with van der Waals surface area (Å²) in [5.41, 5.74) is 0.234. The summed E-state index contributed by atoms with van der Waals surface area (Å²) in [6, 6.07) is 3.92. The Hall–Kier alpha value is -1.37. The van der Waals surface area contributed by atoms with E-state index in [1.165, 1.54) is 0 Å². The van der Waals surface area contributed by atoms with E-state index in [0.29, 0.717) is 19.1 Å². The van der Waals surface area contributed by atoms with Crippen LogP contribution in [0.5, 0.6) is 5.88 Å². The van der Waals surface area contributed by atoms with Gasteiger partial charge in [-0.25, -0.2) is 0 Å². The van der Waals surface area contributed by atoms with Crippen LogP contribution >= 0.6 is 0 Å². The van der Waals surface area contributed by atoms with Gasteiger partial charge in [-0.15, -0.1) is 0 Å². The Morgan fingerprint density at radius 3 is 2.70 bits per heavy atom. The maximum Gasteiger partial charge on any atom is 0.215 e. The molecule has 2 saturated heterocycles. The van der Waals surface area contributed by atoms with E-state index in [1.54, 1.807) is 0 Å². The van der Waals surface area contributed by atoms with Crippen molar-refractivity contribution in [2.45, 2.75) is 12.5 Å². The van der Waals surface area contributed by atoms with E-state index in [9.17, 15) is 5.11 Å². The van der Waals surface area contributed by atoms with Crippen LogP contribution in [0.4, 0.5) is 5.82 Å². The number of rotatable bonds is 4. The highest BCUT2D eigenvalue weighted by Gasteiger charge is 2.37. The van der Waals surface area contributed by atoms with Crippen molar-refractivity contribution in [2.24, 2.45) is 0 Å². The van der Waals surface area contributed by atoms with E-state index >= 15 is 0 Å². The molecule has 110 valence electrons. The molecule has 3 rings (SSSR count). The lowest BCUT2D eigenvalue weighted by atomic mass is 10.0. The van der Waals surface area contributed by atoms with Gasteiger partial charge in [0.25, 0.3) is 0 Å². The molecule has 0 unspecified atom stereocenters. The normalized spacial score (nSPS) is 21.4. The largest absolute Gasteiger partial charge is 0.474 e. The van der Waals surface area contributed by atoms with Crippen LogP contribution in [-0.4, -0.2) is 61.8 Å². The number of hydrogen-bond donors (Lipinski definition) is 1. The van der Waals surface area contributed by atoms with Crippen molar-refractivity contribution in [2.75, 3.05) is 51.0 Å². The Labute approximate surface area is 118 Å². The maximum absolute atomic E-state index is 9.95. The first kappa shape index (κ1) is 13.6. The Morgan fingerprint density at radius 2 is 2.05 bits per heavy atom. The summed E-state index contributed by atoms with van der Waals surface area (Å²) in [7, 11) is 0. The number of nitrogens with zero attached hydrogens (tertiary/aromatic N) is 2. The number of pyridine rings is 1. The molecule has 1 aromatic heterocycles. The molecular formula is C14H20N2O4. The summed E-state index contributed by atoms with van der Waals surface area (Å²) < 4.78 is 16.0. The third kappa shape index (κ3) is 3.03. The summed E-state index contributed by atoms with van der Waals surface area (Å²) in [6.45, 7) is 6.02. The van der Waals surface area contributed by atoms with Gasteiger partial charge in [0.1, 0.15) is 18.0 Å². The molecule has 0 atom stereocenters. The molecule has 3 heterocycles. The zero-order valence-corrected chi connectivity index (χ0v) is 11.7. The van der Waals surface area contributed by atoms with Gasteiger partial charge < -0.3 is 24.2 Å². The lowest BCUT2D eigenvalue weighted by Gasteiger charge is -2.35. The molecule has 20 heavy (non-hydrogen) atoms. The van der Waals surface area contributed by atoms with Crippen LogP contribution in [0.1, 0.15) is 5.56 Å². The molecule has 2 aliphatic rings. The van der Waals surface area contributed by atoms with Crippen molar-refractivity contribution in [1.29, 1.82) is 0 Å². The van der Waals surface area contributed by atoms with Crippen molar-refractivity contribution in [3.8, 4) is 5.88 Å². The minimum Gasteiger partial charge on any atom is -0.474 e. The van der Waals surface area contributed by atoms with Gasteiger partial charge in [0.05, 0.1) is 26.4 Å². The summed E-state index contributed by atoms with van der Waals surface area (Å²) in [4.78, 5) is 6.70. The Balaban J connectivity index is 1.69. The number of anilines is 1. The van der Waals surface area contributed by atoms with Crippen LogP contribution in [0.2, 0.25) is 0 Å². The molecule has 0 radical (unpaired) electrons. The second-order valence-electron chi connectivity index (χ2n) is 5.45. The molecule has 0 aromatic carbocycles. The molecular weight excluding hydrogens is 260 g/mol. The van der Waals surface area contributed by atoms with Crippen LogP contribution in [0.3, 0.4) is 0 Å². The van der Waals surface area contributed by atoms with Crippen LogP contribution in [0.15, 0.2) is 12.1 Å². The van der Waals surface area contributed by atoms with E-state index in [4.69, 9.17) is 14.2 Å². The van der Waals surface area contributed by atoms with Gasteiger partial charge in [-0.3, -0.25) is 0 Å². The second-order valence-corrected chi connectivity index (χ2v) is 5.45. The first-order chi connectivity index (χ1) is 9.65. The molecule has 6 heteroatoms. The fourth-order valence-corrected chi connectivity index (χ4v) is 2.28. The van der Waals surface area contributed by atoms with Gasteiger partial charge in [-0.05, 0) is 18.6 Å². The van der Waals surface area contributed by atoms with Gasteiger partial charge >= 0.3 is 0 Å². The highest BCUT2D eigenvalue weighted by atomic mass is 16.6. The SMILES string of the molecule is Cc1cc(OCC2(O)COC2)nc(N2CCOCC2)c1. The number of aliphatic hydroxyl groups is 1. The number of ether oxygens (including phenoxy) is 3. The van der Waals surface area contributed by atoms with E-state index in [-0.39, 0.29) is 6.61 Å². The maximum atomic E-state index is 9.95. The van der Waals surface area contributed by atoms with E-state index < -0.39 is 5.60 Å². The molecule has 2 fully saturated rings. The zero-order valence-electron chi connectivity index (χ0n) is 11.7. The van der Waals surface area contributed by atoms with Gasteiger partial charge in [0.2, 0.25) is 5.88 Å². The smallest absolute Gasteiger partial charge is 0.215 e. The topological polar surface area (TPSA) is 64.0 Å². The summed E-state index contributed by atoms with van der Waals surface area (Å²) in [5, 5.41) is 9.95. The summed E-state index contributed by atoms with van der Waals surface area (Å²) in [6.07, 6.45) is 0. The van der Waals surface area contributed by atoms with Crippen molar-refractivity contribution < 1.29 is 19.3 Å². The van der Waals surface area contributed by atoms with Crippen LogP contribution in [0.25, 0.3) is 0 Å². The molecule has 2 aliphatic heterocycles. The molecule has 0 saturated carbocycles. The summed E-state index contributed by atoms with van der Waals surface area (Å²) in [5.74, 6) is 1.45. The standard InChI is InChI=1S/C14H20N2O4/c1-11-6-12(16-2-4-18-5-3-16)15-13(7-11)20-10-14(17)8-19-9-14/h6-7,17H,2-5,8-10H2,1H3. The highest BCUT2D eigenvalue weighted by Crippen LogP contribution is 2.22. The minimum absolute atomic E-state index is 0.214. The minimum atomic E-state index is -0.857. The van der Waals surface area contributed by atoms with Crippen LogP contribution in [0, 0.1) is 6.92 Å². The van der Waals surface area contributed by atoms with E-state index in [1.807, 2.05) is 19.1 Å². The van der Waals surface area contributed by atoms with Crippen molar-refractivity contribution in [3.63, 3.8) is 0 Å². The molecule has 0 aliphatic carbocycles. The third-order valence-corrected chi connectivity index (χ3v) is 3.50. The second kappa shape index (κ2) is 5.55. The van der Waals surface area contributed by atoms with Gasteiger partial charge in [0, 0.05) is 19.2 Å². The van der Waals surface area contributed by atoms with Gasteiger partial charge in [-0.2, -0.15) is 4.98 Å². The molecule has 6 nitrogen and oxygen atoms in total. The third-order valence-electron chi connectivity index (χ3n) is 3.50. The number of hydrogen-bond acceptors (Lipinski definition) is 6. The van der Waals surface area contributed by atoms with Crippen molar-refractivity contribution >= 4 is 5.82 Å². The van der Waals surface area contributed by atoms with Crippen molar-refractivity contribution in [1.82, 2.24) is 4.98 Å². The molecule has 0 spiro atoms. The van der Waals surface area contributed by atoms with Crippen LogP contribution < -0.4 is 9.64 Å². The number of morpholine rings is 1. The van der Waals surface area contributed by atoms with Gasteiger partial charge in [0.15, 0.2) is 0 Å². The van der Waals surface area contributed by atoms with Crippen molar-refractivity contribution in [3.05, 3.63) is 17.7 Å². The monoisotopic (exact) mass is 280 g/mol. The fraction of sp³-hybridized carbons (Fsp3) is 0.643. The lowest BCUT2D eigenvalue weighted by molar-refractivity contribution is -0.192. The van der Waals surface area contributed by atoms with Gasteiger partial charge in [-0.1, -0.05) is 0 Å². The highest BCUT2D eigenvalue weighted by molar-refractivity contribution is 5.44. The summed E-state index contributed by atoms with van der Waals surface area (Å²) >= 11 is 0. The Kier molecular flexibility index (Phi) is 3.78. The number of aryl methyl sites for hydroxylation is 1. The number of aromatic nitrogens is 1.